The second-order valence-corrected chi connectivity index (χ2v) is 5.90. The second kappa shape index (κ2) is 7.78. The Hall–Kier alpha value is -1.88. The van der Waals surface area contributed by atoms with Crippen LogP contribution in [0.3, 0.4) is 0 Å². The zero-order chi connectivity index (χ0) is 15.9. The van der Waals surface area contributed by atoms with E-state index in [0.717, 1.165) is 6.42 Å². The molecule has 0 spiro atoms. The number of hydrogen-bond donors (Lipinski definition) is 3. The first kappa shape index (κ1) is 17.2. The first-order valence-electron chi connectivity index (χ1n) is 7.17. The largest absolute Gasteiger partial charge is 0.352 e. The van der Waals surface area contributed by atoms with Crippen molar-refractivity contribution in [3.63, 3.8) is 0 Å². The fourth-order valence-corrected chi connectivity index (χ4v) is 2.40. The average Bonchev–Trinajstić information content (AvgIpc) is 2.45. The Morgan fingerprint density at radius 2 is 1.81 bits per heavy atom. The lowest BCUT2D eigenvalue weighted by Crippen LogP contribution is -2.44. The summed E-state index contributed by atoms with van der Waals surface area (Å²) in [5, 5.41) is 5.35. The molecule has 1 atom stereocenters. The lowest BCUT2D eigenvalue weighted by atomic mass is 9.79. The SMILES string of the molecule is CC(CC(C)(C)c1ccccc1)NC(=O)CNC(=O)CN. The summed E-state index contributed by atoms with van der Waals surface area (Å²) in [7, 11) is 0. The molecule has 1 unspecified atom stereocenters. The predicted octanol–water partition coefficient (Wildman–Crippen LogP) is 0.934. The summed E-state index contributed by atoms with van der Waals surface area (Å²) >= 11 is 0. The van der Waals surface area contributed by atoms with Gasteiger partial charge in [0, 0.05) is 6.04 Å². The van der Waals surface area contributed by atoms with Gasteiger partial charge in [0.25, 0.3) is 0 Å². The van der Waals surface area contributed by atoms with E-state index in [-0.39, 0.29) is 36.4 Å². The number of hydrogen-bond acceptors (Lipinski definition) is 3. The predicted molar refractivity (Wildman–Crippen MR) is 83.8 cm³/mol. The summed E-state index contributed by atoms with van der Waals surface area (Å²) in [6.07, 6.45) is 0.813. The summed E-state index contributed by atoms with van der Waals surface area (Å²) in [5.41, 5.74) is 6.37. The number of nitrogens with one attached hydrogen (secondary N) is 2. The first-order valence-corrected chi connectivity index (χ1v) is 7.17. The van der Waals surface area contributed by atoms with E-state index < -0.39 is 0 Å². The molecule has 0 aliphatic rings. The highest BCUT2D eigenvalue weighted by atomic mass is 16.2. The summed E-state index contributed by atoms with van der Waals surface area (Å²) in [6.45, 7) is 6.13. The van der Waals surface area contributed by atoms with Gasteiger partial charge in [-0.15, -0.1) is 0 Å². The highest BCUT2D eigenvalue weighted by Crippen LogP contribution is 2.27. The van der Waals surface area contributed by atoms with Gasteiger partial charge in [-0.1, -0.05) is 44.2 Å². The smallest absolute Gasteiger partial charge is 0.239 e. The highest BCUT2D eigenvalue weighted by molar-refractivity contribution is 5.85. The van der Waals surface area contributed by atoms with Gasteiger partial charge in [-0.25, -0.2) is 0 Å². The number of benzene rings is 1. The number of amides is 2. The summed E-state index contributed by atoms with van der Waals surface area (Å²) in [5.74, 6) is -0.532. The third kappa shape index (κ3) is 5.95. The molecule has 0 heterocycles. The Morgan fingerprint density at radius 3 is 2.38 bits per heavy atom. The molecule has 0 saturated carbocycles. The molecule has 1 aromatic rings. The normalized spacial score (nSPS) is 12.6. The van der Waals surface area contributed by atoms with Gasteiger partial charge in [0.1, 0.15) is 0 Å². The Bertz CT molecular complexity index is 472. The van der Waals surface area contributed by atoms with Crippen LogP contribution in [-0.2, 0) is 15.0 Å². The maximum atomic E-state index is 11.7. The van der Waals surface area contributed by atoms with Gasteiger partial charge >= 0.3 is 0 Å². The van der Waals surface area contributed by atoms with Crippen LogP contribution in [-0.4, -0.2) is 30.9 Å². The van der Waals surface area contributed by atoms with Crippen LogP contribution in [0.2, 0.25) is 0 Å². The minimum absolute atomic E-state index is 0.0162. The van der Waals surface area contributed by atoms with Crippen LogP contribution in [0, 0.1) is 0 Å². The molecular formula is C16H25N3O2. The molecule has 0 bridgehead atoms. The van der Waals surface area contributed by atoms with Gasteiger partial charge in [0.15, 0.2) is 0 Å². The van der Waals surface area contributed by atoms with Crippen molar-refractivity contribution in [2.75, 3.05) is 13.1 Å². The van der Waals surface area contributed by atoms with Gasteiger partial charge in [0.05, 0.1) is 13.1 Å². The van der Waals surface area contributed by atoms with Crippen molar-refractivity contribution < 1.29 is 9.59 Å². The van der Waals surface area contributed by atoms with Crippen molar-refractivity contribution in [2.45, 2.75) is 38.6 Å². The molecular weight excluding hydrogens is 266 g/mol. The number of carbonyl (C=O) groups is 2. The Labute approximate surface area is 126 Å². The number of rotatable bonds is 7. The summed E-state index contributed by atoms with van der Waals surface area (Å²) in [4.78, 5) is 22.7. The van der Waals surface area contributed by atoms with Gasteiger partial charge < -0.3 is 16.4 Å². The van der Waals surface area contributed by atoms with Gasteiger partial charge in [-0.05, 0) is 24.3 Å². The number of carbonyl (C=O) groups excluding carboxylic acids is 2. The number of nitrogens with two attached hydrogens (primary N) is 1. The van der Waals surface area contributed by atoms with Gasteiger partial charge in [-0.3, -0.25) is 9.59 Å². The van der Waals surface area contributed by atoms with Crippen LogP contribution in [0.25, 0.3) is 0 Å². The lowest BCUT2D eigenvalue weighted by Gasteiger charge is -2.29. The Morgan fingerprint density at radius 1 is 1.19 bits per heavy atom. The fraction of sp³-hybridized carbons (Fsp3) is 0.500. The van der Waals surface area contributed by atoms with E-state index in [1.807, 2.05) is 25.1 Å². The molecule has 4 N–H and O–H groups in total. The lowest BCUT2D eigenvalue weighted by molar-refractivity contribution is -0.125. The molecule has 21 heavy (non-hydrogen) atoms. The minimum atomic E-state index is -0.331. The van der Waals surface area contributed by atoms with E-state index in [9.17, 15) is 9.59 Å². The van der Waals surface area contributed by atoms with Gasteiger partial charge in [-0.2, -0.15) is 0 Å². The minimum Gasteiger partial charge on any atom is -0.352 e. The third-order valence-electron chi connectivity index (χ3n) is 3.41. The zero-order valence-corrected chi connectivity index (χ0v) is 13.0. The van der Waals surface area contributed by atoms with Crippen LogP contribution in [0.1, 0.15) is 32.8 Å². The van der Waals surface area contributed by atoms with Crippen LogP contribution in [0.5, 0.6) is 0 Å². The van der Waals surface area contributed by atoms with E-state index in [0.29, 0.717) is 0 Å². The van der Waals surface area contributed by atoms with E-state index in [4.69, 9.17) is 5.73 Å². The van der Waals surface area contributed by atoms with E-state index in [1.165, 1.54) is 5.56 Å². The zero-order valence-electron chi connectivity index (χ0n) is 13.0. The van der Waals surface area contributed by atoms with Crippen LogP contribution >= 0.6 is 0 Å². The van der Waals surface area contributed by atoms with E-state index in [1.54, 1.807) is 0 Å². The standard InChI is InChI=1S/C16H25N3O2/c1-12(19-15(21)11-18-14(20)10-17)9-16(2,3)13-7-5-4-6-8-13/h4-8,12H,9-11,17H2,1-3H3,(H,18,20)(H,19,21). The molecule has 0 aliphatic heterocycles. The molecule has 116 valence electrons. The molecule has 1 rings (SSSR count). The van der Waals surface area contributed by atoms with Gasteiger partial charge in [0.2, 0.25) is 11.8 Å². The average molecular weight is 291 g/mol. The Balaban J connectivity index is 2.47. The topological polar surface area (TPSA) is 84.2 Å². The Kier molecular flexibility index (Phi) is 6.37. The second-order valence-electron chi connectivity index (χ2n) is 5.90. The molecule has 0 fully saturated rings. The van der Waals surface area contributed by atoms with Crippen LogP contribution in [0.4, 0.5) is 0 Å². The van der Waals surface area contributed by atoms with E-state index >= 15 is 0 Å². The van der Waals surface area contributed by atoms with Crippen LogP contribution in [0.15, 0.2) is 30.3 Å². The fourth-order valence-electron chi connectivity index (χ4n) is 2.40. The summed E-state index contributed by atoms with van der Waals surface area (Å²) < 4.78 is 0. The molecule has 0 aromatic heterocycles. The van der Waals surface area contributed by atoms with Crippen molar-refractivity contribution >= 4 is 11.8 Å². The quantitative estimate of drug-likeness (QED) is 0.699. The first-order chi connectivity index (χ1) is 9.85. The molecule has 1 aromatic carbocycles. The maximum Gasteiger partial charge on any atom is 0.239 e. The summed E-state index contributed by atoms with van der Waals surface area (Å²) in [6, 6.07) is 10.2. The molecule has 0 aliphatic carbocycles. The molecule has 0 saturated heterocycles. The third-order valence-corrected chi connectivity index (χ3v) is 3.41. The maximum absolute atomic E-state index is 11.7. The van der Waals surface area contributed by atoms with Crippen molar-refractivity contribution in [1.82, 2.24) is 10.6 Å². The monoisotopic (exact) mass is 291 g/mol. The van der Waals surface area contributed by atoms with Crippen molar-refractivity contribution in [2.24, 2.45) is 5.73 Å². The molecule has 2 amide bonds. The molecule has 5 nitrogen and oxygen atoms in total. The highest BCUT2D eigenvalue weighted by Gasteiger charge is 2.23. The van der Waals surface area contributed by atoms with E-state index in [2.05, 4.69) is 36.6 Å². The molecule has 0 radical (unpaired) electrons. The van der Waals surface area contributed by atoms with Crippen LogP contribution < -0.4 is 16.4 Å². The van der Waals surface area contributed by atoms with Crippen molar-refractivity contribution in [1.29, 1.82) is 0 Å². The molecule has 5 heteroatoms. The van der Waals surface area contributed by atoms with Crippen molar-refractivity contribution in [3.05, 3.63) is 35.9 Å². The van der Waals surface area contributed by atoms with Crippen molar-refractivity contribution in [3.8, 4) is 0 Å².